The predicted octanol–water partition coefficient (Wildman–Crippen LogP) is 2.10. The van der Waals surface area contributed by atoms with Crippen molar-refractivity contribution in [1.82, 2.24) is 10.2 Å². The minimum atomic E-state index is 0.317. The summed E-state index contributed by atoms with van der Waals surface area (Å²) in [6.45, 7) is 7.98. The van der Waals surface area contributed by atoms with Crippen LogP contribution in [0.15, 0.2) is 0 Å². The molecular weight excluding hydrogens is 172 g/mol. The first kappa shape index (κ1) is 12.0. The van der Waals surface area contributed by atoms with Crippen LogP contribution >= 0.6 is 0 Å². The van der Waals surface area contributed by atoms with Crippen molar-refractivity contribution < 1.29 is 0 Å². The summed E-state index contributed by atoms with van der Waals surface area (Å²) in [6.07, 6.45) is 4.05. The average molecular weight is 198 g/mol. The molecule has 0 amide bonds. The van der Waals surface area contributed by atoms with Crippen molar-refractivity contribution in [2.75, 3.05) is 20.6 Å². The van der Waals surface area contributed by atoms with Crippen molar-refractivity contribution in [3.05, 3.63) is 0 Å². The van der Waals surface area contributed by atoms with Gasteiger partial charge >= 0.3 is 0 Å². The summed E-state index contributed by atoms with van der Waals surface area (Å²) in [5, 5.41) is 3.68. The topological polar surface area (TPSA) is 15.3 Å². The predicted molar refractivity (Wildman–Crippen MR) is 62.6 cm³/mol. The Labute approximate surface area is 89.1 Å². The van der Waals surface area contributed by atoms with Gasteiger partial charge < -0.3 is 10.2 Å². The molecule has 1 rings (SSSR count). The number of nitrogens with zero attached hydrogens (tertiary/aromatic N) is 1. The van der Waals surface area contributed by atoms with E-state index in [4.69, 9.17) is 0 Å². The second-order valence-corrected chi connectivity index (χ2v) is 4.98. The van der Waals surface area contributed by atoms with Gasteiger partial charge in [0, 0.05) is 11.6 Å². The lowest BCUT2D eigenvalue weighted by Gasteiger charge is -2.43. The number of hydrogen-bond donors (Lipinski definition) is 1. The van der Waals surface area contributed by atoms with Gasteiger partial charge in [-0.2, -0.15) is 0 Å². The van der Waals surface area contributed by atoms with E-state index >= 15 is 0 Å². The highest BCUT2D eigenvalue weighted by molar-refractivity contribution is 5.01. The summed E-state index contributed by atoms with van der Waals surface area (Å²) in [7, 11) is 4.41. The van der Waals surface area contributed by atoms with E-state index in [0.717, 1.165) is 12.5 Å². The Kier molecular flexibility index (Phi) is 3.96. The molecule has 2 unspecified atom stereocenters. The molecule has 0 aliphatic heterocycles. The van der Waals surface area contributed by atoms with Crippen LogP contribution in [0, 0.1) is 5.92 Å². The van der Waals surface area contributed by atoms with Gasteiger partial charge in [0.2, 0.25) is 0 Å². The molecule has 2 heteroatoms. The van der Waals surface area contributed by atoms with E-state index < -0.39 is 0 Å². The highest BCUT2D eigenvalue weighted by Crippen LogP contribution is 2.39. The molecule has 0 radical (unpaired) electrons. The van der Waals surface area contributed by atoms with E-state index in [2.05, 4.69) is 45.1 Å². The van der Waals surface area contributed by atoms with E-state index in [-0.39, 0.29) is 0 Å². The van der Waals surface area contributed by atoms with Gasteiger partial charge in [0.05, 0.1) is 0 Å². The first-order valence-electron chi connectivity index (χ1n) is 5.97. The minimum Gasteiger partial charge on any atom is -0.312 e. The third-order valence-corrected chi connectivity index (χ3v) is 3.92. The molecule has 0 heterocycles. The maximum atomic E-state index is 3.68. The average Bonchev–Trinajstić information content (AvgIpc) is 2.96. The van der Waals surface area contributed by atoms with Gasteiger partial charge in [-0.15, -0.1) is 0 Å². The van der Waals surface area contributed by atoms with E-state index in [1.807, 2.05) is 0 Å². The fourth-order valence-electron chi connectivity index (χ4n) is 2.36. The van der Waals surface area contributed by atoms with Crippen molar-refractivity contribution in [3.8, 4) is 0 Å². The smallest absolute Gasteiger partial charge is 0.0328 e. The Hall–Kier alpha value is -0.0800. The molecule has 0 aromatic rings. The summed E-state index contributed by atoms with van der Waals surface area (Å²) < 4.78 is 0. The first-order chi connectivity index (χ1) is 6.56. The Balaban J connectivity index is 2.70. The van der Waals surface area contributed by atoms with E-state index in [0.29, 0.717) is 11.6 Å². The standard InChI is InChI=1S/C12H26N2/c1-6-12(3,14(4)5)11(13-7-2)10-8-9-10/h10-11,13H,6-9H2,1-5H3. The quantitative estimate of drug-likeness (QED) is 0.703. The van der Waals surface area contributed by atoms with Crippen LogP contribution in [-0.2, 0) is 0 Å². The molecule has 1 aliphatic rings. The lowest BCUT2D eigenvalue weighted by atomic mass is 9.85. The van der Waals surface area contributed by atoms with Gasteiger partial charge in [-0.25, -0.2) is 0 Å². The van der Waals surface area contributed by atoms with E-state index in [1.54, 1.807) is 0 Å². The van der Waals surface area contributed by atoms with E-state index in [9.17, 15) is 0 Å². The normalized spacial score (nSPS) is 23.6. The summed E-state index contributed by atoms with van der Waals surface area (Å²) in [4.78, 5) is 2.39. The van der Waals surface area contributed by atoms with Crippen molar-refractivity contribution in [2.45, 2.75) is 51.6 Å². The van der Waals surface area contributed by atoms with Crippen molar-refractivity contribution in [3.63, 3.8) is 0 Å². The van der Waals surface area contributed by atoms with Gasteiger partial charge in [0.1, 0.15) is 0 Å². The zero-order valence-electron chi connectivity index (χ0n) is 10.4. The summed E-state index contributed by atoms with van der Waals surface area (Å²) >= 11 is 0. The molecule has 0 saturated heterocycles. The second kappa shape index (κ2) is 4.63. The molecular formula is C12H26N2. The lowest BCUT2D eigenvalue weighted by molar-refractivity contribution is 0.102. The fourth-order valence-corrected chi connectivity index (χ4v) is 2.36. The number of nitrogens with one attached hydrogen (secondary N) is 1. The van der Waals surface area contributed by atoms with Crippen LogP contribution in [0.25, 0.3) is 0 Å². The third kappa shape index (κ3) is 2.29. The lowest BCUT2D eigenvalue weighted by Crippen LogP contribution is -2.57. The molecule has 0 spiro atoms. The van der Waals surface area contributed by atoms with Gasteiger partial charge in [-0.3, -0.25) is 0 Å². The van der Waals surface area contributed by atoms with E-state index in [1.165, 1.54) is 19.3 Å². The van der Waals surface area contributed by atoms with Gasteiger partial charge in [0.25, 0.3) is 0 Å². The first-order valence-corrected chi connectivity index (χ1v) is 5.97. The number of hydrogen-bond acceptors (Lipinski definition) is 2. The largest absolute Gasteiger partial charge is 0.312 e. The second-order valence-electron chi connectivity index (χ2n) is 4.98. The summed E-state index contributed by atoms with van der Waals surface area (Å²) in [6, 6.07) is 0.674. The molecule has 0 aromatic carbocycles. The van der Waals surface area contributed by atoms with Crippen LogP contribution in [-0.4, -0.2) is 37.1 Å². The molecule has 0 aromatic heterocycles. The summed E-state index contributed by atoms with van der Waals surface area (Å²) in [5.74, 6) is 0.919. The molecule has 1 fully saturated rings. The molecule has 2 atom stereocenters. The molecule has 1 aliphatic carbocycles. The van der Waals surface area contributed by atoms with Crippen molar-refractivity contribution in [1.29, 1.82) is 0 Å². The SMILES string of the molecule is CCNC(C1CC1)C(C)(CC)N(C)C. The molecule has 2 nitrogen and oxygen atoms in total. The third-order valence-electron chi connectivity index (χ3n) is 3.92. The van der Waals surface area contributed by atoms with Crippen LogP contribution in [0.3, 0.4) is 0 Å². The fraction of sp³-hybridized carbons (Fsp3) is 1.00. The van der Waals surface area contributed by atoms with Gasteiger partial charge in [-0.05, 0) is 52.7 Å². The molecule has 1 N–H and O–H groups in total. The molecule has 1 saturated carbocycles. The highest BCUT2D eigenvalue weighted by Gasteiger charge is 2.43. The number of rotatable bonds is 6. The highest BCUT2D eigenvalue weighted by atomic mass is 15.2. The summed E-state index contributed by atoms with van der Waals surface area (Å²) in [5.41, 5.74) is 0.317. The monoisotopic (exact) mass is 198 g/mol. The Morgan fingerprint density at radius 3 is 2.21 bits per heavy atom. The Bertz CT molecular complexity index is 175. The molecule has 0 bridgehead atoms. The van der Waals surface area contributed by atoms with Gasteiger partial charge in [0.15, 0.2) is 0 Å². The zero-order valence-corrected chi connectivity index (χ0v) is 10.4. The zero-order chi connectivity index (χ0) is 10.8. The van der Waals surface area contributed by atoms with Crippen molar-refractivity contribution in [2.24, 2.45) is 5.92 Å². The Morgan fingerprint density at radius 2 is 1.93 bits per heavy atom. The van der Waals surface area contributed by atoms with Crippen LogP contribution in [0.4, 0.5) is 0 Å². The van der Waals surface area contributed by atoms with Crippen LogP contribution in [0.5, 0.6) is 0 Å². The van der Waals surface area contributed by atoms with Crippen LogP contribution < -0.4 is 5.32 Å². The molecule has 14 heavy (non-hydrogen) atoms. The maximum absolute atomic E-state index is 3.68. The van der Waals surface area contributed by atoms with Crippen LogP contribution in [0.1, 0.15) is 40.0 Å². The maximum Gasteiger partial charge on any atom is 0.0328 e. The van der Waals surface area contributed by atoms with Crippen LogP contribution in [0.2, 0.25) is 0 Å². The Morgan fingerprint density at radius 1 is 1.36 bits per heavy atom. The molecule has 84 valence electrons. The van der Waals surface area contributed by atoms with Gasteiger partial charge in [-0.1, -0.05) is 13.8 Å². The van der Waals surface area contributed by atoms with Crippen molar-refractivity contribution >= 4 is 0 Å². The minimum absolute atomic E-state index is 0.317. The number of likely N-dealkylation sites (N-methyl/N-ethyl adjacent to an activating group) is 2.